The van der Waals surface area contributed by atoms with Crippen LogP contribution in [0.25, 0.3) is 11.1 Å². The van der Waals surface area contributed by atoms with E-state index in [4.69, 9.17) is 10.2 Å². The van der Waals surface area contributed by atoms with Crippen LogP contribution in [0.3, 0.4) is 0 Å². The van der Waals surface area contributed by atoms with Crippen molar-refractivity contribution in [2.75, 3.05) is 0 Å². The van der Waals surface area contributed by atoms with Crippen molar-refractivity contribution < 1.29 is 28.2 Å². The van der Waals surface area contributed by atoms with Crippen molar-refractivity contribution in [2.24, 2.45) is 0 Å². The van der Waals surface area contributed by atoms with E-state index in [1.165, 1.54) is 24.3 Å². The van der Waals surface area contributed by atoms with Gasteiger partial charge in [-0.25, -0.2) is 4.79 Å². The van der Waals surface area contributed by atoms with Crippen LogP contribution < -0.4 is 0 Å². The smallest absolute Gasteiger partial charge is 0.433 e. The molecule has 0 saturated heterocycles. The maximum absolute atomic E-state index is 12.9. The number of hydrogen-bond donors (Lipinski definition) is 2. The number of aromatic nitrogens is 1. The van der Waals surface area contributed by atoms with Gasteiger partial charge in [-0.3, -0.25) is 4.98 Å². The van der Waals surface area contributed by atoms with Crippen molar-refractivity contribution in [1.82, 2.24) is 4.98 Å². The molecule has 7 heteroatoms. The number of halogens is 3. The largest absolute Gasteiger partial charge is 0.478 e. The average molecular weight is 297 g/mol. The van der Waals surface area contributed by atoms with E-state index in [0.29, 0.717) is 0 Å². The summed E-state index contributed by atoms with van der Waals surface area (Å²) < 4.78 is 38.8. The predicted octanol–water partition coefficient (Wildman–Crippen LogP) is 2.96. The molecule has 1 heterocycles. The van der Waals surface area contributed by atoms with E-state index in [9.17, 15) is 18.0 Å². The highest BCUT2D eigenvalue weighted by atomic mass is 19.4. The van der Waals surface area contributed by atoms with E-state index in [0.717, 1.165) is 12.3 Å². The van der Waals surface area contributed by atoms with Crippen molar-refractivity contribution >= 4 is 5.97 Å². The minimum absolute atomic E-state index is 0.0411. The Morgan fingerprint density at radius 3 is 2.52 bits per heavy atom. The van der Waals surface area contributed by atoms with Crippen molar-refractivity contribution in [3.8, 4) is 11.1 Å². The van der Waals surface area contributed by atoms with Gasteiger partial charge in [-0.2, -0.15) is 13.2 Å². The molecule has 2 rings (SSSR count). The van der Waals surface area contributed by atoms with Gasteiger partial charge < -0.3 is 10.2 Å². The second kappa shape index (κ2) is 5.53. The number of hydrogen-bond acceptors (Lipinski definition) is 3. The molecule has 0 unspecified atom stereocenters. The molecule has 0 bridgehead atoms. The van der Waals surface area contributed by atoms with Gasteiger partial charge in [0.15, 0.2) is 5.69 Å². The highest BCUT2D eigenvalue weighted by molar-refractivity contribution is 5.90. The fraction of sp³-hybridized carbons (Fsp3) is 0.143. The topological polar surface area (TPSA) is 70.4 Å². The Bertz CT molecular complexity index is 683. The lowest BCUT2D eigenvalue weighted by Crippen LogP contribution is -2.10. The van der Waals surface area contributed by atoms with Crippen LogP contribution in [0.2, 0.25) is 0 Å². The first-order valence-electron chi connectivity index (χ1n) is 5.83. The van der Waals surface area contributed by atoms with Gasteiger partial charge in [-0.15, -0.1) is 0 Å². The molecule has 0 atom stereocenters. The Morgan fingerprint density at radius 2 is 1.95 bits per heavy atom. The van der Waals surface area contributed by atoms with E-state index < -0.39 is 24.4 Å². The van der Waals surface area contributed by atoms with E-state index in [-0.39, 0.29) is 22.3 Å². The lowest BCUT2D eigenvalue weighted by Gasteiger charge is -2.13. The van der Waals surface area contributed by atoms with Gasteiger partial charge in [0, 0.05) is 11.8 Å². The summed E-state index contributed by atoms with van der Waals surface area (Å²) in [6.45, 7) is -0.476. The van der Waals surface area contributed by atoms with Gasteiger partial charge in [-0.05, 0) is 35.4 Å². The van der Waals surface area contributed by atoms with Crippen LogP contribution in [0.1, 0.15) is 21.6 Å². The van der Waals surface area contributed by atoms with Crippen molar-refractivity contribution in [3.05, 3.63) is 53.3 Å². The molecule has 1 aromatic carbocycles. The number of rotatable bonds is 3. The van der Waals surface area contributed by atoms with Gasteiger partial charge >= 0.3 is 12.1 Å². The molecular formula is C14H10F3NO3. The molecule has 0 aliphatic carbocycles. The lowest BCUT2D eigenvalue weighted by molar-refractivity contribution is -0.140. The zero-order valence-corrected chi connectivity index (χ0v) is 10.6. The number of aliphatic hydroxyl groups is 1. The number of carboxylic acid groups (broad SMARTS) is 1. The fourth-order valence-corrected chi connectivity index (χ4v) is 1.93. The first-order valence-corrected chi connectivity index (χ1v) is 5.83. The Kier molecular flexibility index (Phi) is 3.95. The summed E-state index contributed by atoms with van der Waals surface area (Å²) in [7, 11) is 0. The molecule has 0 amide bonds. The van der Waals surface area contributed by atoms with Crippen LogP contribution in [0.5, 0.6) is 0 Å². The predicted molar refractivity (Wildman–Crippen MR) is 67.6 cm³/mol. The Hall–Kier alpha value is -2.41. The normalized spacial score (nSPS) is 11.4. The van der Waals surface area contributed by atoms with Crippen LogP contribution in [-0.2, 0) is 12.8 Å². The maximum atomic E-state index is 12.9. The van der Waals surface area contributed by atoms with Crippen LogP contribution in [0, 0.1) is 0 Å². The van der Waals surface area contributed by atoms with Crippen molar-refractivity contribution in [1.29, 1.82) is 0 Å². The van der Waals surface area contributed by atoms with Gasteiger partial charge in [0.1, 0.15) is 0 Å². The van der Waals surface area contributed by atoms with Gasteiger partial charge in [-0.1, -0.05) is 6.07 Å². The summed E-state index contributed by atoms with van der Waals surface area (Å²) in [4.78, 5) is 14.3. The third-order valence-corrected chi connectivity index (χ3v) is 2.81. The molecule has 2 N–H and O–H groups in total. The van der Waals surface area contributed by atoms with E-state index in [1.807, 2.05) is 0 Å². The zero-order chi connectivity index (χ0) is 15.6. The minimum Gasteiger partial charge on any atom is -0.478 e. The number of carbonyl (C=O) groups is 1. The first-order chi connectivity index (χ1) is 9.82. The molecule has 0 aliphatic rings. The van der Waals surface area contributed by atoms with Crippen LogP contribution >= 0.6 is 0 Å². The molecule has 21 heavy (non-hydrogen) atoms. The number of aliphatic hydroxyl groups excluding tert-OH is 1. The van der Waals surface area contributed by atoms with E-state index in [2.05, 4.69) is 4.98 Å². The molecule has 0 saturated carbocycles. The second-order valence-corrected chi connectivity index (χ2v) is 4.28. The second-order valence-electron chi connectivity index (χ2n) is 4.28. The number of carboxylic acids is 1. The zero-order valence-electron chi connectivity index (χ0n) is 10.6. The summed E-state index contributed by atoms with van der Waals surface area (Å²) in [6, 6.07) is 6.16. The van der Waals surface area contributed by atoms with Crippen LogP contribution in [0.15, 0.2) is 36.5 Å². The molecule has 0 spiro atoms. The quantitative estimate of drug-likeness (QED) is 0.913. The highest BCUT2D eigenvalue weighted by Crippen LogP contribution is 2.35. The minimum atomic E-state index is -4.66. The van der Waals surface area contributed by atoms with Crippen LogP contribution in [0.4, 0.5) is 13.2 Å². The molecule has 4 nitrogen and oxygen atoms in total. The first kappa shape index (κ1) is 15.0. The number of benzene rings is 1. The number of nitrogens with zero attached hydrogens (tertiary/aromatic N) is 1. The van der Waals surface area contributed by atoms with Crippen molar-refractivity contribution in [2.45, 2.75) is 12.8 Å². The molecule has 0 aliphatic heterocycles. The monoisotopic (exact) mass is 297 g/mol. The molecule has 0 fully saturated rings. The van der Waals surface area contributed by atoms with Gasteiger partial charge in [0.25, 0.3) is 0 Å². The SMILES string of the molecule is O=C(O)c1cc(CO)cc(-c2cccnc2C(F)(F)F)c1. The average Bonchev–Trinajstić information content (AvgIpc) is 2.45. The summed E-state index contributed by atoms with van der Waals surface area (Å²) in [5.74, 6) is -1.29. The summed E-state index contributed by atoms with van der Waals surface area (Å²) >= 11 is 0. The number of pyridine rings is 1. The third-order valence-electron chi connectivity index (χ3n) is 2.81. The van der Waals surface area contributed by atoms with Gasteiger partial charge in [0.2, 0.25) is 0 Å². The number of alkyl halides is 3. The standard InChI is InChI=1S/C14H10F3NO3/c15-14(16,17)12-11(2-1-3-18-12)9-4-8(7-19)5-10(6-9)13(20)21/h1-6,19H,7H2,(H,20,21). The summed E-state index contributed by atoms with van der Waals surface area (Å²) in [5.41, 5.74) is -1.28. The van der Waals surface area contributed by atoms with Crippen molar-refractivity contribution in [3.63, 3.8) is 0 Å². The van der Waals surface area contributed by atoms with E-state index >= 15 is 0 Å². The molecule has 1 aromatic heterocycles. The maximum Gasteiger partial charge on any atom is 0.433 e. The summed E-state index contributed by atoms with van der Waals surface area (Å²) in [5, 5.41) is 18.1. The Labute approximate surface area is 117 Å². The molecule has 110 valence electrons. The summed E-state index contributed by atoms with van der Waals surface area (Å²) in [6.07, 6.45) is -3.64. The molecular weight excluding hydrogens is 287 g/mol. The highest BCUT2D eigenvalue weighted by Gasteiger charge is 2.35. The lowest BCUT2D eigenvalue weighted by atomic mass is 9.98. The van der Waals surface area contributed by atoms with Gasteiger partial charge in [0.05, 0.1) is 12.2 Å². The Morgan fingerprint density at radius 1 is 1.24 bits per heavy atom. The fourth-order valence-electron chi connectivity index (χ4n) is 1.93. The molecule has 2 aromatic rings. The Balaban J connectivity index is 2.67. The van der Waals surface area contributed by atoms with Crippen LogP contribution in [-0.4, -0.2) is 21.2 Å². The van der Waals surface area contributed by atoms with E-state index in [1.54, 1.807) is 0 Å². The number of aromatic carboxylic acids is 1. The third kappa shape index (κ3) is 3.19. The molecule has 0 radical (unpaired) electrons.